The molecule has 5 nitrogen and oxygen atoms in total. The van der Waals surface area contributed by atoms with Gasteiger partial charge in [0.1, 0.15) is 5.54 Å². The average molecular weight is 502 g/mol. The molecule has 5 heteroatoms. The van der Waals surface area contributed by atoms with Crippen LogP contribution in [0.25, 0.3) is 0 Å². The Hall–Kier alpha value is -3.44. The molecule has 3 rings (SSSR count). The molecule has 3 aromatic carbocycles. The highest BCUT2D eigenvalue weighted by Gasteiger charge is 2.38. The second kappa shape index (κ2) is 12.7. The van der Waals surface area contributed by atoms with E-state index in [1.807, 2.05) is 112 Å². The van der Waals surface area contributed by atoms with E-state index in [1.54, 1.807) is 0 Å². The lowest BCUT2D eigenvalue weighted by molar-refractivity contribution is -0.144. The van der Waals surface area contributed by atoms with E-state index in [9.17, 15) is 14.7 Å². The van der Waals surface area contributed by atoms with Gasteiger partial charge in [0.15, 0.2) is 0 Å². The largest absolute Gasteiger partial charge is 0.481 e. The Labute approximate surface area is 220 Å². The molecule has 196 valence electrons. The summed E-state index contributed by atoms with van der Waals surface area (Å²) in [7, 11) is 0. The number of carbonyl (C=O) groups excluding carboxylic acids is 1. The Morgan fingerprint density at radius 3 is 1.59 bits per heavy atom. The van der Waals surface area contributed by atoms with Crippen LogP contribution in [0.3, 0.4) is 0 Å². The van der Waals surface area contributed by atoms with Crippen molar-refractivity contribution in [3.05, 3.63) is 108 Å². The van der Waals surface area contributed by atoms with Gasteiger partial charge in [-0.3, -0.25) is 9.59 Å². The fraction of sp³-hybridized carbons (Fsp3) is 0.375. The van der Waals surface area contributed by atoms with Gasteiger partial charge in [-0.15, -0.1) is 0 Å². The Balaban J connectivity index is 1.87. The van der Waals surface area contributed by atoms with Gasteiger partial charge in [0.2, 0.25) is 5.91 Å². The number of aliphatic carboxylic acids is 1. The van der Waals surface area contributed by atoms with Crippen molar-refractivity contribution < 1.29 is 19.4 Å². The molecule has 0 aliphatic rings. The number of carboxylic acid groups (broad SMARTS) is 1. The minimum atomic E-state index is -0.961. The average Bonchev–Trinajstić information content (AvgIpc) is 2.89. The lowest BCUT2D eigenvalue weighted by Crippen LogP contribution is -2.48. The number of hydrogen-bond donors (Lipinski definition) is 2. The standard InChI is InChI=1S/C32H39NO4/c1-24(23-37-31(2,3)4)20-21-25(30(35)36)22-29(34)33-32(26-14-8-5-9-15-26,27-16-10-6-11-17-27)28-18-12-7-13-19-28/h5-19,24-25H,20-23H2,1-4H3,(H,33,34)(H,35,36)/t24-,25+/m1/s1. The van der Waals surface area contributed by atoms with Gasteiger partial charge in [-0.05, 0) is 56.2 Å². The highest BCUT2D eigenvalue weighted by Crippen LogP contribution is 2.37. The molecule has 2 atom stereocenters. The van der Waals surface area contributed by atoms with E-state index in [0.717, 1.165) is 16.7 Å². The van der Waals surface area contributed by atoms with Gasteiger partial charge in [-0.25, -0.2) is 0 Å². The predicted molar refractivity (Wildman–Crippen MR) is 147 cm³/mol. The summed E-state index contributed by atoms with van der Waals surface area (Å²) in [6, 6.07) is 29.5. The summed E-state index contributed by atoms with van der Waals surface area (Å²) in [5.74, 6) is -1.84. The molecule has 0 unspecified atom stereocenters. The molecule has 0 radical (unpaired) electrons. The number of carbonyl (C=O) groups is 2. The van der Waals surface area contributed by atoms with E-state index >= 15 is 0 Å². The van der Waals surface area contributed by atoms with Crippen molar-refractivity contribution in [1.82, 2.24) is 5.32 Å². The zero-order chi connectivity index (χ0) is 26.9. The zero-order valence-electron chi connectivity index (χ0n) is 22.3. The highest BCUT2D eigenvalue weighted by atomic mass is 16.5. The van der Waals surface area contributed by atoms with Crippen LogP contribution in [0.4, 0.5) is 0 Å². The number of amides is 1. The molecule has 0 aromatic heterocycles. The number of nitrogens with one attached hydrogen (secondary N) is 1. The second-order valence-corrected chi connectivity index (χ2v) is 10.7. The zero-order valence-corrected chi connectivity index (χ0v) is 22.3. The van der Waals surface area contributed by atoms with Crippen LogP contribution in [0.2, 0.25) is 0 Å². The molecule has 0 aliphatic carbocycles. The van der Waals surface area contributed by atoms with Crippen LogP contribution < -0.4 is 5.32 Å². The quantitative estimate of drug-likeness (QED) is 0.281. The van der Waals surface area contributed by atoms with Crippen molar-refractivity contribution >= 4 is 11.9 Å². The van der Waals surface area contributed by atoms with Crippen molar-refractivity contribution in [2.24, 2.45) is 11.8 Å². The first-order valence-corrected chi connectivity index (χ1v) is 13.0. The number of carboxylic acids is 1. The van der Waals surface area contributed by atoms with Crippen LogP contribution in [0, 0.1) is 11.8 Å². The molecule has 3 aromatic rings. The van der Waals surface area contributed by atoms with E-state index in [4.69, 9.17) is 4.74 Å². The number of hydrogen-bond acceptors (Lipinski definition) is 3. The Morgan fingerprint density at radius 1 is 0.784 bits per heavy atom. The van der Waals surface area contributed by atoms with Gasteiger partial charge in [0, 0.05) is 13.0 Å². The lowest BCUT2D eigenvalue weighted by Gasteiger charge is -2.37. The highest BCUT2D eigenvalue weighted by molar-refractivity contribution is 5.84. The Morgan fingerprint density at radius 2 is 1.22 bits per heavy atom. The SMILES string of the molecule is C[C@H](CC[C@@H](CC(=O)NC(c1ccccc1)(c1ccccc1)c1ccccc1)C(=O)O)COC(C)(C)C. The molecule has 0 fully saturated rings. The van der Waals surface area contributed by atoms with Gasteiger partial charge in [-0.2, -0.15) is 0 Å². The molecule has 0 heterocycles. The second-order valence-electron chi connectivity index (χ2n) is 10.7. The third-order valence-electron chi connectivity index (χ3n) is 6.54. The minimum Gasteiger partial charge on any atom is -0.481 e. The molecule has 0 bridgehead atoms. The number of ether oxygens (including phenoxy) is 1. The summed E-state index contributed by atoms with van der Waals surface area (Å²) in [4.78, 5) is 25.7. The van der Waals surface area contributed by atoms with Crippen LogP contribution in [0.15, 0.2) is 91.0 Å². The topological polar surface area (TPSA) is 75.6 Å². The predicted octanol–water partition coefficient (Wildman–Crippen LogP) is 6.42. The van der Waals surface area contributed by atoms with Crippen molar-refractivity contribution in [2.75, 3.05) is 6.61 Å². The first-order valence-electron chi connectivity index (χ1n) is 13.0. The van der Waals surface area contributed by atoms with Crippen molar-refractivity contribution in [3.8, 4) is 0 Å². The van der Waals surface area contributed by atoms with Crippen LogP contribution in [0.1, 0.15) is 63.6 Å². The van der Waals surface area contributed by atoms with Gasteiger partial charge >= 0.3 is 5.97 Å². The van der Waals surface area contributed by atoms with Crippen LogP contribution in [0.5, 0.6) is 0 Å². The first-order chi connectivity index (χ1) is 17.6. The smallest absolute Gasteiger partial charge is 0.307 e. The monoisotopic (exact) mass is 501 g/mol. The van der Waals surface area contributed by atoms with Gasteiger partial charge in [-0.1, -0.05) is 97.9 Å². The van der Waals surface area contributed by atoms with Gasteiger partial charge in [0.05, 0.1) is 11.5 Å². The minimum absolute atomic E-state index is 0.101. The van der Waals surface area contributed by atoms with Crippen molar-refractivity contribution in [3.63, 3.8) is 0 Å². The molecular weight excluding hydrogens is 462 g/mol. The van der Waals surface area contributed by atoms with Crippen molar-refractivity contribution in [2.45, 2.75) is 58.1 Å². The fourth-order valence-electron chi connectivity index (χ4n) is 4.54. The Kier molecular flexibility index (Phi) is 9.65. The Bertz CT molecular complexity index is 1030. The first kappa shape index (κ1) is 28.1. The maximum atomic E-state index is 13.6. The maximum Gasteiger partial charge on any atom is 0.307 e. The molecular formula is C32H39NO4. The van der Waals surface area contributed by atoms with Gasteiger partial charge < -0.3 is 15.2 Å². The summed E-state index contributed by atoms with van der Waals surface area (Å²) in [5, 5.41) is 13.2. The number of benzene rings is 3. The molecule has 0 aliphatic heterocycles. The van der Waals surface area contributed by atoms with Crippen LogP contribution >= 0.6 is 0 Å². The van der Waals surface area contributed by atoms with Gasteiger partial charge in [0.25, 0.3) is 0 Å². The summed E-state index contributed by atoms with van der Waals surface area (Å²) in [6.07, 6.45) is 0.977. The van der Waals surface area contributed by atoms with Crippen LogP contribution in [-0.2, 0) is 19.9 Å². The molecule has 0 spiro atoms. The number of rotatable bonds is 12. The molecule has 1 amide bonds. The maximum absolute atomic E-state index is 13.6. The van der Waals surface area contributed by atoms with E-state index < -0.39 is 17.4 Å². The molecule has 0 saturated heterocycles. The molecule has 0 saturated carbocycles. The molecule has 2 N–H and O–H groups in total. The van der Waals surface area contributed by atoms with Crippen LogP contribution in [-0.4, -0.2) is 29.2 Å². The van der Waals surface area contributed by atoms with E-state index in [-0.39, 0.29) is 23.8 Å². The summed E-state index contributed by atoms with van der Waals surface area (Å²) < 4.78 is 5.85. The fourth-order valence-corrected chi connectivity index (χ4v) is 4.54. The third-order valence-corrected chi connectivity index (χ3v) is 6.54. The van der Waals surface area contributed by atoms with E-state index in [0.29, 0.717) is 19.4 Å². The summed E-state index contributed by atoms with van der Waals surface area (Å²) >= 11 is 0. The third kappa shape index (κ3) is 7.77. The summed E-state index contributed by atoms with van der Waals surface area (Å²) in [5.41, 5.74) is 1.51. The summed E-state index contributed by atoms with van der Waals surface area (Å²) in [6.45, 7) is 8.62. The van der Waals surface area contributed by atoms with E-state index in [1.165, 1.54) is 0 Å². The lowest BCUT2D eigenvalue weighted by atomic mass is 9.76. The van der Waals surface area contributed by atoms with Crippen molar-refractivity contribution in [1.29, 1.82) is 0 Å². The normalized spacial score (nSPS) is 13.5. The molecule has 37 heavy (non-hydrogen) atoms. The van der Waals surface area contributed by atoms with E-state index in [2.05, 4.69) is 12.2 Å².